The summed E-state index contributed by atoms with van der Waals surface area (Å²) in [5, 5.41) is 0. The van der Waals surface area contributed by atoms with Crippen molar-refractivity contribution in [3.8, 4) is 0 Å². The highest BCUT2D eigenvalue weighted by molar-refractivity contribution is 5.79. The van der Waals surface area contributed by atoms with Crippen molar-refractivity contribution < 1.29 is 13.6 Å². The molecular formula is C9H15F2NO. The Morgan fingerprint density at radius 2 is 2.23 bits per heavy atom. The maximum atomic E-state index is 12.1. The number of hydrogen-bond donors (Lipinski definition) is 0. The first-order chi connectivity index (χ1) is 6.16. The van der Waals surface area contributed by atoms with E-state index in [0.717, 1.165) is 25.7 Å². The van der Waals surface area contributed by atoms with Crippen LogP contribution in [0.2, 0.25) is 0 Å². The minimum Gasteiger partial charge on any atom is -0.335 e. The second-order valence-corrected chi connectivity index (χ2v) is 3.39. The highest BCUT2D eigenvalue weighted by Gasteiger charge is 2.30. The van der Waals surface area contributed by atoms with Gasteiger partial charge in [-0.05, 0) is 25.7 Å². The maximum absolute atomic E-state index is 12.1. The fourth-order valence-corrected chi connectivity index (χ4v) is 1.84. The number of amides is 1. The number of carbonyl (C=O) groups excluding carboxylic acids is 1. The monoisotopic (exact) mass is 191 g/mol. The van der Waals surface area contributed by atoms with Crippen LogP contribution >= 0.6 is 0 Å². The van der Waals surface area contributed by atoms with Gasteiger partial charge in [0, 0.05) is 12.6 Å². The molecule has 1 saturated heterocycles. The lowest BCUT2D eigenvalue weighted by Gasteiger charge is -2.34. The Balaban J connectivity index is 2.58. The molecule has 0 radical (unpaired) electrons. The zero-order valence-corrected chi connectivity index (χ0v) is 7.80. The normalized spacial score (nSPS) is 23.7. The molecule has 0 spiro atoms. The zero-order valence-electron chi connectivity index (χ0n) is 7.80. The van der Waals surface area contributed by atoms with Gasteiger partial charge in [0.05, 0.1) is 0 Å². The van der Waals surface area contributed by atoms with Crippen LogP contribution in [0.5, 0.6) is 0 Å². The third-order valence-corrected chi connectivity index (χ3v) is 2.57. The van der Waals surface area contributed by atoms with Crippen LogP contribution in [0.4, 0.5) is 8.78 Å². The number of halogens is 2. The Morgan fingerprint density at radius 3 is 2.77 bits per heavy atom. The van der Waals surface area contributed by atoms with Gasteiger partial charge in [0.1, 0.15) is 0 Å². The SMILES string of the molecule is CCC1CCCCN1C(=O)C(F)F. The molecule has 1 unspecified atom stereocenters. The van der Waals surface area contributed by atoms with Crippen molar-refractivity contribution in [1.82, 2.24) is 4.90 Å². The quantitative estimate of drug-likeness (QED) is 0.654. The van der Waals surface area contributed by atoms with Crippen LogP contribution in [-0.2, 0) is 4.79 Å². The molecule has 1 amide bonds. The minimum absolute atomic E-state index is 0.0373. The summed E-state index contributed by atoms with van der Waals surface area (Å²) in [4.78, 5) is 12.4. The van der Waals surface area contributed by atoms with Gasteiger partial charge >= 0.3 is 6.43 Å². The van der Waals surface area contributed by atoms with Gasteiger partial charge in [-0.1, -0.05) is 6.92 Å². The van der Waals surface area contributed by atoms with E-state index in [2.05, 4.69) is 0 Å². The Bertz CT molecular complexity index is 184. The van der Waals surface area contributed by atoms with Gasteiger partial charge in [0.2, 0.25) is 0 Å². The van der Waals surface area contributed by atoms with E-state index in [4.69, 9.17) is 0 Å². The fourth-order valence-electron chi connectivity index (χ4n) is 1.84. The molecule has 1 rings (SSSR count). The standard InChI is InChI=1S/C9H15F2NO/c1-2-7-5-3-4-6-12(7)9(13)8(10)11/h7-8H,2-6H2,1H3. The molecule has 76 valence electrons. The topological polar surface area (TPSA) is 20.3 Å². The molecule has 0 aromatic rings. The second-order valence-electron chi connectivity index (χ2n) is 3.39. The summed E-state index contributed by atoms with van der Waals surface area (Å²) in [5.74, 6) is -0.994. The predicted molar refractivity (Wildman–Crippen MR) is 45.6 cm³/mol. The molecule has 1 aliphatic heterocycles. The van der Waals surface area contributed by atoms with Gasteiger partial charge in [0.25, 0.3) is 5.91 Å². The van der Waals surface area contributed by atoms with Crippen LogP contribution < -0.4 is 0 Å². The second kappa shape index (κ2) is 4.53. The number of piperidine rings is 1. The first kappa shape index (κ1) is 10.4. The number of rotatable bonds is 2. The van der Waals surface area contributed by atoms with E-state index >= 15 is 0 Å². The van der Waals surface area contributed by atoms with Gasteiger partial charge in [0.15, 0.2) is 0 Å². The number of hydrogen-bond acceptors (Lipinski definition) is 1. The van der Waals surface area contributed by atoms with E-state index in [-0.39, 0.29) is 6.04 Å². The highest BCUT2D eigenvalue weighted by Crippen LogP contribution is 2.20. The lowest BCUT2D eigenvalue weighted by Crippen LogP contribution is -2.46. The van der Waals surface area contributed by atoms with Crippen LogP contribution in [0, 0.1) is 0 Å². The van der Waals surface area contributed by atoms with Gasteiger partial charge in [-0.25, -0.2) is 0 Å². The molecular weight excluding hydrogens is 176 g/mol. The van der Waals surface area contributed by atoms with E-state index in [1.165, 1.54) is 4.90 Å². The lowest BCUT2D eigenvalue weighted by atomic mass is 10.00. The number of likely N-dealkylation sites (tertiary alicyclic amines) is 1. The summed E-state index contributed by atoms with van der Waals surface area (Å²) >= 11 is 0. The molecule has 1 fully saturated rings. The summed E-state index contributed by atoms with van der Waals surface area (Å²) in [6, 6.07) is 0.0373. The summed E-state index contributed by atoms with van der Waals surface area (Å²) < 4.78 is 24.3. The molecule has 1 atom stereocenters. The molecule has 0 saturated carbocycles. The molecule has 2 nitrogen and oxygen atoms in total. The predicted octanol–water partition coefficient (Wildman–Crippen LogP) is 2.04. The van der Waals surface area contributed by atoms with Crippen molar-refractivity contribution in [2.75, 3.05) is 6.54 Å². The molecule has 13 heavy (non-hydrogen) atoms. The molecule has 1 heterocycles. The van der Waals surface area contributed by atoms with Crippen LogP contribution in [-0.4, -0.2) is 29.8 Å². The van der Waals surface area contributed by atoms with Gasteiger partial charge in [-0.15, -0.1) is 0 Å². The first-order valence-corrected chi connectivity index (χ1v) is 4.75. The fraction of sp³-hybridized carbons (Fsp3) is 0.889. The zero-order chi connectivity index (χ0) is 9.84. The van der Waals surface area contributed by atoms with E-state index in [1.54, 1.807) is 0 Å². The third kappa shape index (κ3) is 2.39. The number of carbonyl (C=O) groups is 1. The number of nitrogens with zero attached hydrogens (tertiary/aromatic N) is 1. The smallest absolute Gasteiger partial charge is 0.315 e. The average Bonchev–Trinajstić information content (AvgIpc) is 2.16. The van der Waals surface area contributed by atoms with E-state index in [9.17, 15) is 13.6 Å². The van der Waals surface area contributed by atoms with Gasteiger partial charge < -0.3 is 4.90 Å². The van der Waals surface area contributed by atoms with Crippen LogP contribution in [0.25, 0.3) is 0 Å². The molecule has 0 bridgehead atoms. The Hall–Kier alpha value is -0.670. The van der Waals surface area contributed by atoms with Crippen molar-refractivity contribution in [1.29, 1.82) is 0 Å². The summed E-state index contributed by atoms with van der Waals surface area (Å²) in [6.45, 7) is 2.43. The minimum atomic E-state index is -2.84. The van der Waals surface area contributed by atoms with Crippen molar-refractivity contribution >= 4 is 5.91 Å². The van der Waals surface area contributed by atoms with Crippen molar-refractivity contribution in [3.63, 3.8) is 0 Å². The average molecular weight is 191 g/mol. The Kier molecular flexibility index (Phi) is 3.63. The van der Waals surface area contributed by atoms with Crippen molar-refractivity contribution in [3.05, 3.63) is 0 Å². The lowest BCUT2D eigenvalue weighted by molar-refractivity contribution is -0.146. The summed E-state index contributed by atoms with van der Waals surface area (Å²) in [7, 11) is 0. The molecule has 1 aliphatic rings. The van der Waals surface area contributed by atoms with Crippen molar-refractivity contribution in [2.24, 2.45) is 0 Å². The van der Waals surface area contributed by atoms with Crippen LogP contribution in [0.15, 0.2) is 0 Å². The first-order valence-electron chi connectivity index (χ1n) is 4.75. The van der Waals surface area contributed by atoms with Crippen molar-refractivity contribution in [2.45, 2.75) is 45.1 Å². The molecule has 4 heteroatoms. The van der Waals surface area contributed by atoms with Gasteiger partial charge in [-0.2, -0.15) is 8.78 Å². The van der Waals surface area contributed by atoms with E-state index < -0.39 is 12.3 Å². The highest BCUT2D eigenvalue weighted by atomic mass is 19.3. The van der Waals surface area contributed by atoms with Crippen LogP contribution in [0.1, 0.15) is 32.6 Å². The molecule has 0 aliphatic carbocycles. The third-order valence-electron chi connectivity index (χ3n) is 2.57. The Labute approximate surface area is 76.9 Å². The van der Waals surface area contributed by atoms with Gasteiger partial charge in [-0.3, -0.25) is 4.79 Å². The summed E-state index contributed by atoms with van der Waals surface area (Å²) in [5.41, 5.74) is 0. The Morgan fingerprint density at radius 1 is 1.54 bits per heavy atom. The largest absolute Gasteiger partial charge is 0.335 e. The van der Waals surface area contributed by atoms with Crippen LogP contribution in [0.3, 0.4) is 0 Å². The molecule has 0 aromatic heterocycles. The van der Waals surface area contributed by atoms with E-state index in [1.807, 2.05) is 6.92 Å². The maximum Gasteiger partial charge on any atom is 0.315 e. The van der Waals surface area contributed by atoms with E-state index in [0.29, 0.717) is 6.54 Å². The number of alkyl halides is 2. The molecule has 0 N–H and O–H groups in total. The summed E-state index contributed by atoms with van der Waals surface area (Å²) in [6.07, 6.45) is 0.709. The molecule has 0 aromatic carbocycles.